The maximum Gasteiger partial charge on any atom is 0.240 e. The topological polar surface area (TPSA) is 82.6 Å². The molecule has 0 aromatic heterocycles. The van der Waals surface area contributed by atoms with Crippen LogP contribution in [0.4, 0.5) is 0 Å². The van der Waals surface area contributed by atoms with E-state index in [0.29, 0.717) is 19.0 Å². The van der Waals surface area contributed by atoms with Gasteiger partial charge < -0.3 is 10.6 Å². The number of aliphatic imine (C=N–C) groups is 1. The molecule has 0 heterocycles. The molecule has 0 amide bonds. The van der Waals surface area contributed by atoms with Gasteiger partial charge in [-0.1, -0.05) is 47.5 Å². The van der Waals surface area contributed by atoms with Crippen LogP contribution in [0.25, 0.3) is 0 Å². The van der Waals surface area contributed by atoms with Crippen LogP contribution >= 0.6 is 24.0 Å². The van der Waals surface area contributed by atoms with Crippen molar-refractivity contribution in [2.75, 3.05) is 20.1 Å². The molecule has 0 fully saturated rings. The number of sulfonamides is 1. The second kappa shape index (κ2) is 11.3. The molecule has 2 rings (SSSR count). The Balaban J connectivity index is 0.00000364. The lowest BCUT2D eigenvalue weighted by molar-refractivity contribution is 0.580. The molecule has 3 N–H and O–H groups in total. The molecule has 0 saturated carbocycles. The lowest BCUT2D eigenvalue weighted by Crippen LogP contribution is -2.41. The quantitative estimate of drug-likeness (QED) is 0.235. The van der Waals surface area contributed by atoms with Crippen LogP contribution < -0.4 is 15.4 Å². The second-order valence-corrected chi connectivity index (χ2v) is 7.82. The monoisotopic (exact) mass is 502 g/mol. The van der Waals surface area contributed by atoms with Crippen LogP contribution in [-0.2, 0) is 16.6 Å². The molecule has 2 aromatic rings. The Hall–Kier alpha value is -1.65. The number of hydrogen-bond donors (Lipinski definition) is 3. The van der Waals surface area contributed by atoms with Gasteiger partial charge in [-0.25, -0.2) is 13.1 Å². The van der Waals surface area contributed by atoms with Gasteiger partial charge in [0.2, 0.25) is 10.0 Å². The third-order valence-corrected chi connectivity index (χ3v) is 5.32. The fourth-order valence-electron chi connectivity index (χ4n) is 2.28. The van der Waals surface area contributed by atoms with Crippen LogP contribution in [0.2, 0.25) is 0 Å². The van der Waals surface area contributed by atoms with Crippen LogP contribution in [0.1, 0.15) is 16.7 Å². The van der Waals surface area contributed by atoms with Gasteiger partial charge in [-0.2, -0.15) is 0 Å². The van der Waals surface area contributed by atoms with E-state index in [-0.39, 0.29) is 35.4 Å². The SMILES string of the molecule is CN=C(NCCNS(=O)(=O)c1ccc(C)cc1)NCc1ccc(C)cc1.I. The summed E-state index contributed by atoms with van der Waals surface area (Å²) in [6.07, 6.45) is 0. The molecule has 0 unspecified atom stereocenters. The number of nitrogens with one attached hydrogen (secondary N) is 3. The molecule has 6 nitrogen and oxygen atoms in total. The second-order valence-electron chi connectivity index (χ2n) is 6.05. The van der Waals surface area contributed by atoms with Crippen molar-refractivity contribution in [1.82, 2.24) is 15.4 Å². The number of guanidine groups is 1. The van der Waals surface area contributed by atoms with Gasteiger partial charge in [-0.3, -0.25) is 4.99 Å². The van der Waals surface area contributed by atoms with Crippen molar-refractivity contribution >= 4 is 40.0 Å². The van der Waals surface area contributed by atoms with Gasteiger partial charge in [0.1, 0.15) is 0 Å². The highest BCUT2D eigenvalue weighted by Gasteiger charge is 2.12. The number of nitrogens with zero attached hydrogens (tertiary/aromatic N) is 1. The molecule has 0 aliphatic heterocycles. The zero-order valence-corrected chi connectivity index (χ0v) is 19.0. The fraction of sp³-hybridized carbons (Fsp3) is 0.316. The molecular formula is C19H27IN4O2S. The van der Waals surface area contributed by atoms with Crippen LogP contribution in [0, 0.1) is 13.8 Å². The third-order valence-electron chi connectivity index (χ3n) is 3.84. The lowest BCUT2D eigenvalue weighted by atomic mass is 10.1. The zero-order chi connectivity index (χ0) is 19.0. The number of aryl methyl sites for hydroxylation is 2. The number of hydrogen-bond acceptors (Lipinski definition) is 3. The van der Waals surface area contributed by atoms with E-state index in [2.05, 4.69) is 51.5 Å². The maximum atomic E-state index is 12.2. The van der Waals surface area contributed by atoms with Gasteiger partial charge in [0.25, 0.3) is 0 Å². The predicted molar refractivity (Wildman–Crippen MR) is 121 cm³/mol. The molecule has 0 bridgehead atoms. The summed E-state index contributed by atoms with van der Waals surface area (Å²) in [6, 6.07) is 15.0. The minimum absolute atomic E-state index is 0. The third kappa shape index (κ3) is 7.86. The summed E-state index contributed by atoms with van der Waals surface area (Å²) in [5, 5.41) is 6.30. The first-order valence-electron chi connectivity index (χ1n) is 8.47. The highest BCUT2D eigenvalue weighted by atomic mass is 127. The Kier molecular flexibility index (Phi) is 9.75. The smallest absolute Gasteiger partial charge is 0.240 e. The average molecular weight is 502 g/mol. The summed E-state index contributed by atoms with van der Waals surface area (Å²) >= 11 is 0. The summed E-state index contributed by atoms with van der Waals surface area (Å²) in [7, 11) is -1.81. The molecular weight excluding hydrogens is 475 g/mol. The van der Waals surface area contributed by atoms with Crippen molar-refractivity contribution in [2.24, 2.45) is 4.99 Å². The summed E-state index contributed by atoms with van der Waals surface area (Å²) in [6.45, 7) is 5.31. The highest BCUT2D eigenvalue weighted by molar-refractivity contribution is 14.0. The Morgan fingerprint density at radius 2 is 1.44 bits per heavy atom. The summed E-state index contributed by atoms with van der Waals surface area (Å²) in [5.74, 6) is 0.625. The van der Waals surface area contributed by atoms with Crippen LogP contribution in [-0.4, -0.2) is 34.5 Å². The van der Waals surface area contributed by atoms with Gasteiger partial charge in [0.05, 0.1) is 4.90 Å². The molecule has 0 saturated heterocycles. The first kappa shape index (κ1) is 23.4. The number of rotatable bonds is 7. The molecule has 8 heteroatoms. The van der Waals surface area contributed by atoms with E-state index in [9.17, 15) is 8.42 Å². The number of benzene rings is 2. The summed E-state index contributed by atoms with van der Waals surface area (Å²) in [5.41, 5.74) is 3.39. The van der Waals surface area contributed by atoms with Gasteiger partial charge in [0, 0.05) is 26.7 Å². The van der Waals surface area contributed by atoms with E-state index in [0.717, 1.165) is 11.1 Å². The van der Waals surface area contributed by atoms with E-state index in [1.54, 1.807) is 31.3 Å². The molecule has 2 aromatic carbocycles. The Labute approximate surface area is 178 Å². The van der Waals surface area contributed by atoms with Crippen molar-refractivity contribution in [3.05, 3.63) is 65.2 Å². The number of halogens is 1. The van der Waals surface area contributed by atoms with E-state index in [1.165, 1.54) is 5.56 Å². The van der Waals surface area contributed by atoms with Crippen molar-refractivity contribution < 1.29 is 8.42 Å². The zero-order valence-electron chi connectivity index (χ0n) is 15.8. The fourth-order valence-corrected chi connectivity index (χ4v) is 3.31. The van der Waals surface area contributed by atoms with Crippen molar-refractivity contribution in [3.8, 4) is 0 Å². The maximum absolute atomic E-state index is 12.2. The average Bonchev–Trinajstić information content (AvgIpc) is 2.63. The van der Waals surface area contributed by atoms with Crippen molar-refractivity contribution in [1.29, 1.82) is 0 Å². The van der Waals surface area contributed by atoms with E-state index in [4.69, 9.17) is 0 Å². The molecule has 0 radical (unpaired) electrons. The minimum atomic E-state index is -3.49. The van der Waals surface area contributed by atoms with Crippen LogP contribution in [0.3, 0.4) is 0 Å². The van der Waals surface area contributed by atoms with E-state index in [1.807, 2.05) is 6.92 Å². The Morgan fingerprint density at radius 1 is 0.889 bits per heavy atom. The first-order chi connectivity index (χ1) is 12.4. The van der Waals surface area contributed by atoms with Crippen LogP contribution in [0.5, 0.6) is 0 Å². The van der Waals surface area contributed by atoms with Crippen molar-refractivity contribution in [3.63, 3.8) is 0 Å². The molecule has 0 spiro atoms. The van der Waals surface area contributed by atoms with Gasteiger partial charge >= 0.3 is 0 Å². The summed E-state index contributed by atoms with van der Waals surface area (Å²) in [4.78, 5) is 4.41. The van der Waals surface area contributed by atoms with E-state index >= 15 is 0 Å². The highest BCUT2D eigenvalue weighted by Crippen LogP contribution is 2.09. The van der Waals surface area contributed by atoms with Gasteiger partial charge in [-0.05, 0) is 31.5 Å². The Bertz CT molecular complexity index is 835. The van der Waals surface area contributed by atoms with Gasteiger partial charge in [-0.15, -0.1) is 24.0 Å². The lowest BCUT2D eigenvalue weighted by Gasteiger charge is -2.13. The summed E-state index contributed by atoms with van der Waals surface area (Å²) < 4.78 is 27.0. The normalized spacial score (nSPS) is 11.6. The van der Waals surface area contributed by atoms with E-state index < -0.39 is 10.0 Å². The molecule has 148 valence electrons. The van der Waals surface area contributed by atoms with Gasteiger partial charge in [0.15, 0.2) is 5.96 Å². The minimum Gasteiger partial charge on any atom is -0.355 e. The predicted octanol–water partition coefficient (Wildman–Crippen LogP) is 2.56. The molecule has 0 aliphatic carbocycles. The Morgan fingerprint density at radius 3 is 2.00 bits per heavy atom. The van der Waals surface area contributed by atoms with Crippen LogP contribution in [0.15, 0.2) is 58.4 Å². The molecule has 27 heavy (non-hydrogen) atoms. The molecule has 0 atom stereocenters. The molecule has 0 aliphatic rings. The first-order valence-corrected chi connectivity index (χ1v) is 9.95. The van der Waals surface area contributed by atoms with Crippen molar-refractivity contribution in [2.45, 2.75) is 25.3 Å². The largest absolute Gasteiger partial charge is 0.355 e. The standard InChI is InChI=1S/C19H26N4O2S.HI/c1-15-4-8-17(9-5-15)14-22-19(20-3)21-12-13-23-26(24,25)18-10-6-16(2)7-11-18;/h4-11,23H,12-14H2,1-3H3,(H2,20,21,22);1H.